The van der Waals surface area contributed by atoms with E-state index in [9.17, 15) is 5.26 Å². The average molecular weight is 948 g/mol. The van der Waals surface area contributed by atoms with E-state index in [0.29, 0.717) is 33.2 Å². The molecule has 0 spiro atoms. The van der Waals surface area contributed by atoms with Crippen LogP contribution in [0.5, 0.6) is 0 Å². The van der Waals surface area contributed by atoms with Gasteiger partial charge in [-0.2, -0.15) is 35.6 Å². The summed E-state index contributed by atoms with van der Waals surface area (Å²) in [6, 6.07) is 36.4. The van der Waals surface area contributed by atoms with Crippen LogP contribution >= 0.6 is 0 Å². The molecule has 0 atom stereocenters. The van der Waals surface area contributed by atoms with Crippen molar-refractivity contribution in [2.45, 2.75) is 79.4 Å². The number of pyridine rings is 1. The number of hydrogen-bond acceptors (Lipinski definition) is 3. The molecular formula is C52H50IrN4O+. The maximum absolute atomic E-state index is 10.4. The zero-order valence-electron chi connectivity index (χ0n) is 42.6. The molecule has 0 saturated heterocycles. The van der Waals surface area contributed by atoms with Crippen LogP contribution in [0, 0.1) is 43.5 Å². The van der Waals surface area contributed by atoms with Crippen molar-refractivity contribution >= 4 is 21.9 Å². The van der Waals surface area contributed by atoms with Crippen molar-refractivity contribution in [2.24, 2.45) is 6.98 Å². The summed E-state index contributed by atoms with van der Waals surface area (Å²) < 4.78 is 81.5. The zero-order chi connectivity index (χ0) is 48.1. The van der Waals surface area contributed by atoms with Crippen LogP contribution < -0.4 is 4.57 Å². The second-order valence-electron chi connectivity index (χ2n) is 15.8. The molecule has 0 amide bonds. The van der Waals surface area contributed by atoms with E-state index < -0.39 is 20.7 Å². The fraction of sp³-hybridized carbons (Fsp3) is 0.250. The number of rotatable bonds is 6. The second kappa shape index (κ2) is 17.1. The van der Waals surface area contributed by atoms with Gasteiger partial charge in [0.25, 0.3) is 0 Å². The van der Waals surface area contributed by atoms with E-state index in [1.54, 1.807) is 29.0 Å². The molecular weight excluding hydrogens is 889 g/mol. The minimum absolute atomic E-state index is 0. The molecule has 58 heavy (non-hydrogen) atoms. The van der Waals surface area contributed by atoms with Gasteiger partial charge in [-0.1, -0.05) is 133 Å². The van der Waals surface area contributed by atoms with Crippen molar-refractivity contribution < 1.29 is 41.4 Å². The number of aryl methyl sites for hydroxylation is 3. The van der Waals surface area contributed by atoms with Gasteiger partial charge in [0, 0.05) is 37.8 Å². The second-order valence-corrected chi connectivity index (χ2v) is 15.8. The summed E-state index contributed by atoms with van der Waals surface area (Å²) in [5, 5.41) is 11.2. The predicted octanol–water partition coefficient (Wildman–Crippen LogP) is 12.7. The van der Waals surface area contributed by atoms with Crippen molar-refractivity contribution in [3.63, 3.8) is 0 Å². The Kier molecular flexibility index (Phi) is 9.25. The van der Waals surface area contributed by atoms with Gasteiger partial charge in [-0.3, -0.25) is 0 Å². The standard InChI is InChI=1S/C42H41N2O.C10H9N2.Ir/c1-24(2)33-19-29(42(7,8)9)20-34(25(3)4)39(33)35-21-37(44-23-27(35)6)31-16-15-26(5)38-32-18-17-30(28-13-11-10-12-14-28)36(22-43)40(32)45-41(31)38;1-11-7-8-12(9-11)10-5-3-2-4-6-10;/h10-15,17-21,23-25H,1-9H3;2-5,7-8H,1H3;/q2*-1;+3/i5D3,6D3;1D3;. The van der Waals surface area contributed by atoms with Gasteiger partial charge >= 0.3 is 20.1 Å². The zero-order valence-corrected chi connectivity index (χ0v) is 36.0. The summed E-state index contributed by atoms with van der Waals surface area (Å²) in [7, 11) is 0. The Morgan fingerprint density at radius 1 is 0.862 bits per heavy atom. The molecule has 0 aliphatic heterocycles. The molecule has 8 aromatic rings. The van der Waals surface area contributed by atoms with Gasteiger partial charge in [0.2, 0.25) is 6.33 Å². The summed E-state index contributed by atoms with van der Waals surface area (Å²) in [4.78, 5) is 4.67. The smallest absolute Gasteiger partial charge is 0.499 e. The Hall–Kier alpha value is -5.60. The molecule has 0 unspecified atom stereocenters. The molecule has 0 fully saturated rings. The molecule has 3 aromatic heterocycles. The largest absolute Gasteiger partial charge is 3.00 e. The first kappa shape index (κ1) is 31.4. The van der Waals surface area contributed by atoms with E-state index in [1.807, 2.05) is 54.6 Å². The number of fused-ring (bicyclic) bond motifs is 3. The van der Waals surface area contributed by atoms with E-state index in [2.05, 4.69) is 90.1 Å². The molecule has 5 nitrogen and oxygen atoms in total. The number of furan rings is 1. The molecule has 3 heterocycles. The maximum Gasteiger partial charge on any atom is 3.00 e. The molecule has 0 aliphatic rings. The molecule has 8 rings (SSSR count). The molecule has 5 aromatic carbocycles. The monoisotopic (exact) mass is 948 g/mol. The SMILES string of the molecule is [2H]C([2H])([2H])[n+]1[c-]n(-c2[c-]cccc2)cc1.[2H]C([2H])([2H])c1cnc(-c2[c-]cc(C([2H])([2H])[2H])c3c2oc2c(C#N)c(-c4ccccc4)ccc23)cc1-c1c(C(C)C)cc(C(C)(C)C)cc1C(C)C.[Ir+3]. The Bertz CT molecular complexity index is 3070. The number of benzene rings is 5. The van der Waals surface area contributed by atoms with E-state index >= 15 is 0 Å². The first-order valence-corrected chi connectivity index (χ1v) is 19.0. The van der Waals surface area contributed by atoms with Gasteiger partial charge in [0.05, 0.1) is 16.7 Å². The van der Waals surface area contributed by atoms with Gasteiger partial charge in [0.1, 0.15) is 17.2 Å². The Morgan fingerprint density at radius 2 is 1.59 bits per heavy atom. The van der Waals surface area contributed by atoms with E-state index in [1.165, 1.54) is 24.0 Å². The third-order valence-corrected chi connectivity index (χ3v) is 10.2. The van der Waals surface area contributed by atoms with Crippen molar-refractivity contribution in [1.29, 1.82) is 5.26 Å². The fourth-order valence-electron chi connectivity index (χ4n) is 7.17. The minimum atomic E-state index is -2.51. The first-order chi connectivity index (χ1) is 30.9. The number of nitriles is 1. The molecule has 292 valence electrons. The van der Waals surface area contributed by atoms with Gasteiger partial charge in [0.15, 0.2) is 0 Å². The summed E-state index contributed by atoms with van der Waals surface area (Å²) in [5.74, 6) is 0.160. The summed E-state index contributed by atoms with van der Waals surface area (Å²) in [6.07, 6.45) is 7.21. The van der Waals surface area contributed by atoms with Gasteiger partial charge in [-0.05, 0) is 68.7 Å². The van der Waals surface area contributed by atoms with Crippen LogP contribution in [0.1, 0.15) is 106 Å². The molecule has 0 radical (unpaired) electrons. The number of nitrogens with zero attached hydrogens (tertiary/aromatic N) is 4. The van der Waals surface area contributed by atoms with Crippen molar-refractivity contribution in [1.82, 2.24) is 9.55 Å². The van der Waals surface area contributed by atoms with Gasteiger partial charge in [-0.15, -0.1) is 17.7 Å². The van der Waals surface area contributed by atoms with Crippen molar-refractivity contribution in [2.75, 3.05) is 0 Å². The molecule has 0 bridgehead atoms. The fourth-order valence-corrected chi connectivity index (χ4v) is 7.17. The van der Waals surface area contributed by atoms with Crippen LogP contribution in [-0.4, -0.2) is 9.55 Å². The first-order valence-electron chi connectivity index (χ1n) is 23.5. The van der Waals surface area contributed by atoms with Crippen LogP contribution in [0.4, 0.5) is 0 Å². The number of hydrogen-bond donors (Lipinski definition) is 0. The Balaban J connectivity index is 0.000000392. The number of para-hydroxylation sites is 1. The summed E-state index contributed by atoms with van der Waals surface area (Å²) in [6.45, 7) is 7.82. The maximum atomic E-state index is 10.4. The van der Waals surface area contributed by atoms with E-state index in [0.717, 1.165) is 32.5 Å². The topological polar surface area (TPSA) is 58.6 Å². The van der Waals surface area contributed by atoms with E-state index in [-0.39, 0.29) is 65.2 Å². The van der Waals surface area contributed by atoms with Crippen LogP contribution in [0.3, 0.4) is 0 Å². The number of aromatic nitrogens is 3. The van der Waals surface area contributed by atoms with Crippen LogP contribution in [-0.2, 0) is 32.5 Å². The molecule has 0 saturated carbocycles. The predicted molar refractivity (Wildman–Crippen MR) is 232 cm³/mol. The molecule has 6 heteroatoms. The van der Waals surface area contributed by atoms with Crippen molar-refractivity contribution in [3.05, 3.63) is 161 Å². The van der Waals surface area contributed by atoms with Crippen LogP contribution in [0.15, 0.2) is 114 Å². The average Bonchev–Trinajstić information content (AvgIpc) is 3.92. The van der Waals surface area contributed by atoms with E-state index in [4.69, 9.17) is 16.8 Å². The van der Waals surface area contributed by atoms with Gasteiger partial charge < -0.3 is 18.5 Å². The van der Waals surface area contributed by atoms with Gasteiger partial charge in [-0.25, -0.2) is 0 Å². The quantitative estimate of drug-likeness (QED) is 0.123. The normalized spacial score (nSPS) is 14.4. The minimum Gasteiger partial charge on any atom is -0.499 e. The van der Waals surface area contributed by atoms with Crippen LogP contribution in [0.25, 0.3) is 61.1 Å². The van der Waals surface area contributed by atoms with Crippen molar-refractivity contribution in [3.8, 4) is 45.3 Å². The molecule has 0 N–H and O–H groups in total. The Morgan fingerprint density at radius 3 is 2.19 bits per heavy atom. The Labute approximate surface area is 370 Å². The number of imidazole rings is 1. The summed E-state index contributed by atoms with van der Waals surface area (Å²) >= 11 is 0. The summed E-state index contributed by atoms with van der Waals surface area (Å²) in [5.41, 5.74) is 8.45. The third-order valence-electron chi connectivity index (χ3n) is 10.2. The third kappa shape index (κ3) is 8.21. The van der Waals surface area contributed by atoms with Crippen LogP contribution in [0.2, 0.25) is 0 Å². The molecule has 0 aliphatic carbocycles.